The average molecular weight is 169 g/mol. The van der Waals surface area contributed by atoms with Gasteiger partial charge >= 0.3 is 0 Å². The summed E-state index contributed by atoms with van der Waals surface area (Å²) in [7, 11) is 0. The predicted octanol–water partition coefficient (Wildman–Crippen LogP) is 2.90. The summed E-state index contributed by atoms with van der Waals surface area (Å²) in [6.45, 7) is 14.0. The summed E-state index contributed by atoms with van der Waals surface area (Å²) < 4.78 is 0. The molecule has 1 heterocycles. The minimum absolute atomic E-state index is 0.337. The lowest BCUT2D eigenvalue weighted by Gasteiger charge is -2.39. The molecule has 0 spiro atoms. The summed E-state index contributed by atoms with van der Waals surface area (Å²) in [5.74, 6) is 0.860. The van der Waals surface area contributed by atoms with Crippen molar-refractivity contribution in [3.63, 3.8) is 0 Å². The molecule has 1 heteroatoms. The van der Waals surface area contributed by atoms with E-state index in [2.05, 4.69) is 46.4 Å². The van der Waals surface area contributed by atoms with Gasteiger partial charge in [0.05, 0.1) is 0 Å². The SMILES string of the molecule is CC1CC(C)N(C(C)(C)C)C1C. The van der Waals surface area contributed by atoms with E-state index < -0.39 is 0 Å². The first-order valence-electron chi connectivity index (χ1n) is 5.12. The van der Waals surface area contributed by atoms with Crippen LogP contribution in [0.5, 0.6) is 0 Å². The van der Waals surface area contributed by atoms with Gasteiger partial charge in [0.25, 0.3) is 0 Å². The van der Waals surface area contributed by atoms with Gasteiger partial charge in [0.15, 0.2) is 0 Å². The molecule has 0 aromatic rings. The van der Waals surface area contributed by atoms with E-state index in [0.29, 0.717) is 5.54 Å². The second-order valence-corrected chi connectivity index (χ2v) is 5.38. The normalized spacial score (nSPS) is 39.0. The smallest absolute Gasteiger partial charge is 0.0130 e. The number of hydrogen-bond donors (Lipinski definition) is 0. The fourth-order valence-electron chi connectivity index (χ4n) is 2.80. The monoisotopic (exact) mass is 169 g/mol. The second-order valence-electron chi connectivity index (χ2n) is 5.38. The highest BCUT2D eigenvalue weighted by molar-refractivity contribution is 4.93. The molecule has 0 aromatic carbocycles. The van der Waals surface area contributed by atoms with Crippen LogP contribution in [0.3, 0.4) is 0 Å². The topological polar surface area (TPSA) is 3.24 Å². The standard InChI is InChI=1S/C11H23N/c1-8-7-9(2)12(10(8)3)11(4,5)6/h8-10H,7H2,1-6H3. The van der Waals surface area contributed by atoms with Gasteiger partial charge in [0.1, 0.15) is 0 Å². The van der Waals surface area contributed by atoms with Crippen molar-refractivity contribution in [2.75, 3.05) is 0 Å². The van der Waals surface area contributed by atoms with Crippen molar-refractivity contribution in [2.24, 2.45) is 5.92 Å². The van der Waals surface area contributed by atoms with E-state index in [1.807, 2.05) is 0 Å². The lowest BCUT2D eigenvalue weighted by molar-refractivity contribution is 0.0845. The molecule has 0 amide bonds. The molecular formula is C11H23N. The molecule has 0 bridgehead atoms. The molecule has 12 heavy (non-hydrogen) atoms. The van der Waals surface area contributed by atoms with Crippen molar-refractivity contribution >= 4 is 0 Å². The Morgan fingerprint density at radius 3 is 1.75 bits per heavy atom. The van der Waals surface area contributed by atoms with Gasteiger partial charge in [-0.25, -0.2) is 0 Å². The van der Waals surface area contributed by atoms with Gasteiger partial charge in [0, 0.05) is 17.6 Å². The third-order valence-corrected chi connectivity index (χ3v) is 3.22. The largest absolute Gasteiger partial charge is 0.293 e. The summed E-state index contributed by atoms with van der Waals surface area (Å²) >= 11 is 0. The first kappa shape index (κ1) is 10.0. The number of likely N-dealkylation sites (tertiary alicyclic amines) is 1. The highest BCUT2D eigenvalue weighted by atomic mass is 15.3. The van der Waals surface area contributed by atoms with Crippen LogP contribution < -0.4 is 0 Å². The summed E-state index contributed by atoms with van der Waals surface area (Å²) in [4.78, 5) is 2.65. The predicted molar refractivity (Wildman–Crippen MR) is 54.3 cm³/mol. The van der Waals surface area contributed by atoms with E-state index >= 15 is 0 Å². The van der Waals surface area contributed by atoms with Crippen LogP contribution in [0.2, 0.25) is 0 Å². The van der Waals surface area contributed by atoms with E-state index in [4.69, 9.17) is 0 Å². The Kier molecular flexibility index (Phi) is 2.53. The van der Waals surface area contributed by atoms with Crippen molar-refractivity contribution in [1.82, 2.24) is 4.90 Å². The van der Waals surface area contributed by atoms with Crippen molar-refractivity contribution in [3.8, 4) is 0 Å². The molecule has 1 nitrogen and oxygen atoms in total. The number of rotatable bonds is 0. The molecule has 0 N–H and O–H groups in total. The average Bonchev–Trinajstić information content (AvgIpc) is 2.05. The zero-order valence-corrected chi connectivity index (χ0v) is 9.39. The zero-order valence-electron chi connectivity index (χ0n) is 9.39. The first-order chi connectivity index (χ1) is 5.34. The Morgan fingerprint density at radius 2 is 1.58 bits per heavy atom. The molecule has 0 aromatic heterocycles. The van der Waals surface area contributed by atoms with Gasteiger partial charge in [-0.15, -0.1) is 0 Å². The van der Waals surface area contributed by atoms with E-state index in [1.165, 1.54) is 6.42 Å². The van der Waals surface area contributed by atoms with E-state index in [1.54, 1.807) is 0 Å². The van der Waals surface area contributed by atoms with Gasteiger partial charge in [-0.1, -0.05) is 6.92 Å². The van der Waals surface area contributed by atoms with Crippen molar-refractivity contribution in [3.05, 3.63) is 0 Å². The highest BCUT2D eigenvalue weighted by Gasteiger charge is 2.39. The van der Waals surface area contributed by atoms with Crippen molar-refractivity contribution in [1.29, 1.82) is 0 Å². The Hall–Kier alpha value is -0.0400. The molecule has 3 unspecified atom stereocenters. The summed E-state index contributed by atoms with van der Waals surface area (Å²) in [5.41, 5.74) is 0.337. The van der Waals surface area contributed by atoms with Crippen LogP contribution in [0.15, 0.2) is 0 Å². The molecule has 72 valence electrons. The molecule has 1 saturated heterocycles. The summed E-state index contributed by atoms with van der Waals surface area (Å²) in [5, 5.41) is 0. The summed E-state index contributed by atoms with van der Waals surface area (Å²) in [6.07, 6.45) is 1.36. The summed E-state index contributed by atoms with van der Waals surface area (Å²) in [6, 6.07) is 1.51. The van der Waals surface area contributed by atoms with Crippen LogP contribution in [0.4, 0.5) is 0 Å². The van der Waals surface area contributed by atoms with Crippen molar-refractivity contribution in [2.45, 2.75) is 65.6 Å². The fraction of sp³-hybridized carbons (Fsp3) is 1.00. The van der Waals surface area contributed by atoms with Crippen LogP contribution in [0.1, 0.15) is 48.0 Å². The van der Waals surface area contributed by atoms with Gasteiger partial charge in [-0.2, -0.15) is 0 Å². The van der Waals surface area contributed by atoms with Gasteiger partial charge in [0.2, 0.25) is 0 Å². The fourth-order valence-corrected chi connectivity index (χ4v) is 2.80. The lowest BCUT2D eigenvalue weighted by atomic mass is 10.0. The van der Waals surface area contributed by atoms with E-state index in [0.717, 1.165) is 18.0 Å². The maximum Gasteiger partial charge on any atom is 0.0130 e. The molecule has 0 radical (unpaired) electrons. The molecule has 1 aliphatic heterocycles. The Labute approximate surface area is 77.1 Å². The van der Waals surface area contributed by atoms with Crippen LogP contribution in [0, 0.1) is 5.92 Å². The Bertz CT molecular complexity index is 157. The third kappa shape index (κ3) is 1.66. The van der Waals surface area contributed by atoms with E-state index in [-0.39, 0.29) is 0 Å². The quantitative estimate of drug-likeness (QED) is 0.539. The molecule has 0 saturated carbocycles. The van der Waals surface area contributed by atoms with Crippen LogP contribution >= 0.6 is 0 Å². The zero-order chi connectivity index (χ0) is 9.52. The third-order valence-electron chi connectivity index (χ3n) is 3.22. The molecule has 1 aliphatic rings. The second kappa shape index (κ2) is 3.02. The van der Waals surface area contributed by atoms with Gasteiger partial charge in [-0.3, -0.25) is 4.90 Å². The molecule has 0 aliphatic carbocycles. The minimum atomic E-state index is 0.337. The number of hydrogen-bond acceptors (Lipinski definition) is 1. The number of nitrogens with zero attached hydrogens (tertiary/aromatic N) is 1. The maximum absolute atomic E-state index is 2.65. The Morgan fingerprint density at radius 1 is 1.08 bits per heavy atom. The van der Waals surface area contributed by atoms with Crippen LogP contribution in [-0.2, 0) is 0 Å². The van der Waals surface area contributed by atoms with Crippen LogP contribution in [0.25, 0.3) is 0 Å². The first-order valence-corrected chi connectivity index (χ1v) is 5.12. The lowest BCUT2D eigenvalue weighted by Crippen LogP contribution is -2.47. The van der Waals surface area contributed by atoms with E-state index in [9.17, 15) is 0 Å². The molecular weight excluding hydrogens is 146 g/mol. The molecule has 1 fully saturated rings. The van der Waals surface area contributed by atoms with Gasteiger partial charge in [-0.05, 0) is 47.0 Å². The highest BCUT2D eigenvalue weighted by Crippen LogP contribution is 2.34. The Balaban J connectivity index is 2.77. The van der Waals surface area contributed by atoms with Gasteiger partial charge < -0.3 is 0 Å². The van der Waals surface area contributed by atoms with Crippen LogP contribution in [-0.4, -0.2) is 22.5 Å². The molecule has 3 atom stereocenters. The van der Waals surface area contributed by atoms with Crippen molar-refractivity contribution < 1.29 is 0 Å². The molecule has 1 rings (SSSR count). The minimum Gasteiger partial charge on any atom is -0.293 e. The maximum atomic E-state index is 2.65.